The van der Waals surface area contributed by atoms with Crippen LogP contribution < -0.4 is 0 Å². The molecule has 0 aliphatic heterocycles. The van der Waals surface area contributed by atoms with E-state index in [-0.39, 0.29) is 20.7 Å². The Morgan fingerprint density at radius 1 is 1.19 bits per heavy atom. The van der Waals surface area contributed by atoms with E-state index in [4.69, 9.17) is 5.11 Å². The van der Waals surface area contributed by atoms with Crippen LogP contribution in [0.25, 0.3) is 0 Å². The molecule has 2 aromatic carbocycles. The minimum Gasteiger partial charge on any atom is -0.478 e. The van der Waals surface area contributed by atoms with Gasteiger partial charge in [-0.2, -0.15) is 0 Å². The van der Waals surface area contributed by atoms with Crippen molar-refractivity contribution >= 4 is 31.7 Å². The first-order chi connectivity index (χ1) is 9.79. The van der Waals surface area contributed by atoms with Crippen molar-refractivity contribution in [1.29, 1.82) is 0 Å². The van der Waals surface area contributed by atoms with Gasteiger partial charge in [0.2, 0.25) is 0 Å². The fourth-order valence-electron chi connectivity index (χ4n) is 1.75. The highest BCUT2D eigenvalue weighted by Crippen LogP contribution is 2.22. The lowest BCUT2D eigenvalue weighted by atomic mass is 10.2. The molecule has 2 rings (SSSR count). The standard InChI is InChI=1S/C14H10BrFO4S/c15-12-6-9(4-5-13(12)16)8-21(19,20)11-3-1-2-10(7-11)14(17)18/h1-7H,8H2,(H,17,18). The van der Waals surface area contributed by atoms with Crippen LogP contribution in [0.4, 0.5) is 4.39 Å². The number of sulfone groups is 1. The van der Waals surface area contributed by atoms with Crippen LogP contribution in [0, 0.1) is 5.82 Å². The maximum absolute atomic E-state index is 13.1. The van der Waals surface area contributed by atoms with Gasteiger partial charge in [-0.3, -0.25) is 0 Å². The van der Waals surface area contributed by atoms with Crippen molar-refractivity contribution < 1.29 is 22.7 Å². The van der Waals surface area contributed by atoms with E-state index in [9.17, 15) is 17.6 Å². The highest BCUT2D eigenvalue weighted by molar-refractivity contribution is 9.10. The van der Waals surface area contributed by atoms with E-state index in [1.165, 1.54) is 36.4 Å². The van der Waals surface area contributed by atoms with Crippen LogP contribution in [0.15, 0.2) is 51.8 Å². The second kappa shape index (κ2) is 5.95. The summed E-state index contributed by atoms with van der Waals surface area (Å²) in [7, 11) is -3.71. The molecule has 0 aliphatic carbocycles. The second-order valence-corrected chi connectivity index (χ2v) is 7.18. The molecule has 0 saturated heterocycles. The van der Waals surface area contributed by atoms with Gasteiger partial charge in [0.25, 0.3) is 0 Å². The van der Waals surface area contributed by atoms with Gasteiger partial charge in [-0.1, -0.05) is 12.1 Å². The molecule has 0 bridgehead atoms. The molecular weight excluding hydrogens is 363 g/mol. The number of carbonyl (C=O) groups is 1. The summed E-state index contributed by atoms with van der Waals surface area (Å²) in [5.74, 6) is -2.02. The highest BCUT2D eigenvalue weighted by Gasteiger charge is 2.17. The Kier molecular flexibility index (Phi) is 4.43. The summed E-state index contributed by atoms with van der Waals surface area (Å²) >= 11 is 2.99. The predicted octanol–water partition coefficient (Wildman–Crippen LogP) is 3.26. The van der Waals surface area contributed by atoms with Crippen molar-refractivity contribution in [3.63, 3.8) is 0 Å². The van der Waals surface area contributed by atoms with E-state index in [1.807, 2.05) is 0 Å². The second-order valence-electron chi connectivity index (χ2n) is 4.34. The van der Waals surface area contributed by atoms with Crippen molar-refractivity contribution in [1.82, 2.24) is 0 Å². The van der Waals surface area contributed by atoms with Crippen LogP contribution in [-0.2, 0) is 15.6 Å². The smallest absolute Gasteiger partial charge is 0.335 e. The van der Waals surface area contributed by atoms with Crippen molar-refractivity contribution in [3.05, 3.63) is 63.9 Å². The summed E-state index contributed by atoms with van der Waals surface area (Å²) in [5.41, 5.74) is 0.306. The predicted molar refractivity (Wildman–Crippen MR) is 78.4 cm³/mol. The number of rotatable bonds is 4. The number of aromatic carboxylic acids is 1. The number of benzene rings is 2. The minimum absolute atomic E-state index is 0.0807. The fraction of sp³-hybridized carbons (Fsp3) is 0.0714. The van der Waals surface area contributed by atoms with E-state index in [1.54, 1.807) is 0 Å². The molecule has 0 saturated carbocycles. The fourth-order valence-corrected chi connectivity index (χ4v) is 3.56. The van der Waals surface area contributed by atoms with Crippen molar-refractivity contribution in [2.75, 3.05) is 0 Å². The lowest BCUT2D eigenvalue weighted by molar-refractivity contribution is 0.0696. The molecule has 110 valence electrons. The van der Waals surface area contributed by atoms with Crippen molar-refractivity contribution in [2.45, 2.75) is 10.6 Å². The van der Waals surface area contributed by atoms with E-state index >= 15 is 0 Å². The van der Waals surface area contributed by atoms with Crippen LogP contribution in [-0.4, -0.2) is 19.5 Å². The quantitative estimate of drug-likeness (QED) is 0.893. The lowest BCUT2D eigenvalue weighted by Crippen LogP contribution is -2.07. The van der Waals surface area contributed by atoms with Crippen LogP contribution in [0.1, 0.15) is 15.9 Å². The Bertz CT molecular complexity index is 802. The van der Waals surface area contributed by atoms with Gasteiger partial charge in [0, 0.05) is 0 Å². The summed E-state index contributed by atoms with van der Waals surface area (Å²) in [5, 5.41) is 8.89. The number of halogens is 2. The van der Waals surface area contributed by atoms with Crippen LogP contribution >= 0.6 is 15.9 Å². The van der Waals surface area contributed by atoms with Gasteiger partial charge in [-0.15, -0.1) is 0 Å². The minimum atomic E-state index is -3.71. The first kappa shape index (κ1) is 15.7. The number of hydrogen-bond donors (Lipinski definition) is 1. The van der Waals surface area contributed by atoms with Crippen LogP contribution in [0.2, 0.25) is 0 Å². The number of hydrogen-bond acceptors (Lipinski definition) is 3. The maximum Gasteiger partial charge on any atom is 0.335 e. The van der Waals surface area contributed by atoms with Gasteiger partial charge < -0.3 is 5.11 Å². The molecule has 2 aromatic rings. The molecule has 4 nitrogen and oxygen atoms in total. The maximum atomic E-state index is 13.1. The van der Waals surface area contributed by atoms with E-state index < -0.39 is 21.6 Å². The normalized spacial score (nSPS) is 11.3. The Labute approximate surface area is 129 Å². The van der Waals surface area contributed by atoms with Crippen LogP contribution in [0.5, 0.6) is 0 Å². The topological polar surface area (TPSA) is 71.4 Å². The summed E-state index contributed by atoms with van der Waals surface area (Å²) < 4.78 is 37.9. The first-order valence-corrected chi connectivity index (χ1v) is 8.24. The zero-order valence-corrected chi connectivity index (χ0v) is 13.0. The average Bonchev–Trinajstić information content (AvgIpc) is 2.43. The molecule has 0 fully saturated rings. The Hall–Kier alpha value is -1.73. The van der Waals surface area contributed by atoms with Gasteiger partial charge in [0.15, 0.2) is 9.84 Å². The Balaban J connectivity index is 2.36. The third kappa shape index (κ3) is 3.68. The summed E-state index contributed by atoms with van der Waals surface area (Å²) in [6.45, 7) is 0. The van der Waals surface area contributed by atoms with E-state index in [0.29, 0.717) is 5.56 Å². The molecule has 7 heteroatoms. The monoisotopic (exact) mass is 372 g/mol. The van der Waals surface area contributed by atoms with Crippen molar-refractivity contribution in [2.24, 2.45) is 0 Å². The Morgan fingerprint density at radius 2 is 1.90 bits per heavy atom. The lowest BCUT2D eigenvalue weighted by Gasteiger charge is -2.06. The van der Waals surface area contributed by atoms with Gasteiger partial charge >= 0.3 is 5.97 Å². The van der Waals surface area contributed by atoms with E-state index in [2.05, 4.69) is 15.9 Å². The summed E-state index contributed by atoms with van der Waals surface area (Å²) in [6, 6.07) is 9.05. The van der Waals surface area contributed by atoms with E-state index in [0.717, 1.165) is 6.07 Å². The number of carboxylic acid groups (broad SMARTS) is 1. The molecule has 0 atom stereocenters. The molecule has 1 N–H and O–H groups in total. The molecule has 0 radical (unpaired) electrons. The van der Waals surface area contributed by atoms with Gasteiger partial charge in [-0.05, 0) is 51.8 Å². The number of carboxylic acids is 1. The van der Waals surface area contributed by atoms with Gasteiger partial charge in [0.05, 0.1) is 20.7 Å². The van der Waals surface area contributed by atoms with Gasteiger partial charge in [0.1, 0.15) is 5.82 Å². The SMILES string of the molecule is O=C(O)c1cccc(S(=O)(=O)Cc2ccc(F)c(Br)c2)c1. The molecule has 0 spiro atoms. The van der Waals surface area contributed by atoms with Crippen molar-refractivity contribution in [3.8, 4) is 0 Å². The molecule has 21 heavy (non-hydrogen) atoms. The Morgan fingerprint density at radius 3 is 2.52 bits per heavy atom. The molecule has 0 heterocycles. The van der Waals surface area contributed by atoms with Gasteiger partial charge in [-0.25, -0.2) is 17.6 Å². The molecule has 0 unspecified atom stereocenters. The summed E-state index contributed by atoms with van der Waals surface area (Å²) in [4.78, 5) is 10.8. The largest absolute Gasteiger partial charge is 0.478 e. The molecule has 0 amide bonds. The molecule has 0 aliphatic rings. The molecular formula is C14H10BrFO4S. The zero-order chi connectivity index (χ0) is 15.6. The summed E-state index contributed by atoms with van der Waals surface area (Å²) in [6.07, 6.45) is 0. The molecule has 0 aromatic heterocycles. The first-order valence-electron chi connectivity index (χ1n) is 5.79. The third-order valence-electron chi connectivity index (χ3n) is 2.78. The third-order valence-corrected chi connectivity index (χ3v) is 5.07. The van der Waals surface area contributed by atoms with Crippen LogP contribution in [0.3, 0.4) is 0 Å². The zero-order valence-electron chi connectivity index (χ0n) is 10.6. The average molecular weight is 373 g/mol. The highest BCUT2D eigenvalue weighted by atomic mass is 79.9.